The van der Waals surface area contributed by atoms with Crippen molar-refractivity contribution in [1.29, 1.82) is 0 Å². The molecule has 1 amide bonds. The Kier molecular flexibility index (Phi) is 11.8. The molecule has 0 saturated carbocycles. The van der Waals surface area contributed by atoms with E-state index >= 15 is 0 Å². The van der Waals surface area contributed by atoms with Gasteiger partial charge in [0, 0.05) is 20.0 Å². The number of carbonyl (C=O) groups is 1. The Hall–Kier alpha value is -0.570. The lowest BCUT2D eigenvalue weighted by atomic mass is 9.95. The minimum Gasteiger partial charge on any atom is -0.343 e. The summed E-state index contributed by atoms with van der Waals surface area (Å²) in [6, 6.07) is 0. The van der Waals surface area contributed by atoms with E-state index in [9.17, 15) is 4.79 Å². The van der Waals surface area contributed by atoms with Crippen LogP contribution in [0.4, 0.5) is 0 Å². The zero-order chi connectivity index (χ0) is 15.4. The molecule has 2 fully saturated rings. The molecule has 2 rings (SSSR count). The normalized spacial score (nSPS) is 20.4. The molecule has 20 heavy (non-hydrogen) atoms. The lowest BCUT2D eigenvalue weighted by molar-refractivity contribution is -0.129. The van der Waals surface area contributed by atoms with Gasteiger partial charge >= 0.3 is 0 Å². The molecular weight excluding hydrogens is 248 g/mol. The van der Waals surface area contributed by atoms with E-state index in [1.807, 2.05) is 18.7 Å². The van der Waals surface area contributed by atoms with Crippen LogP contribution in [-0.4, -0.2) is 48.9 Å². The van der Waals surface area contributed by atoms with E-state index in [-0.39, 0.29) is 5.91 Å². The molecule has 0 aromatic heterocycles. The second-order valence-corrected chi connectivity index (χ2v) is 5.72. The minimum absolute atomic E-state index is 0.231. The van der Waals surface area contributed by atoms with Crippen LogP contribution < -0.4 is 0 Å². The first-order valence-electron chi connectivity index (χ1n) is 8.57. The van der Waals surface area contributed by atoms with Gasteiger partial charge in [0.05, 0.1) is 0 Å². The summed E-state index contributed by atoms with van der Waals surface area (Å²) in [6.45, 7) is 12.5. The van der Waals surface area contributed by atoms with Gasteiger partial charge in [0.25, 0.3) is 0 Å². The van der Waals surface area contributed by atoms with Gasteiger partial charge in [-0.25, -0.2) is 0 Å². The first-order valence-corrected chi connectivity index (χ1v) is 8.57. The molecule has 0 radical (unpaired) electrons. The molecule has 0 aromatic carbocycles. The van der Waals surface area contributed by atoms with Crippen molar-refractivity contribution < 1.29 is 4.79 Å². The van der Waals surface area contributed by atoms with Crippen LogP contribution >= 0.6 is 0 Å². The fraction of sp³-hybridized carbons (Fsp3) is 0.941. The molecule has 0 bridgehead atoms. The zero-order valence-corrected chi connectivity index (χ0v) is 14.5. The fourth-order valence-corrected chi connectivity index (χ4v) is 2.68. The van der Waals surface area contributed by atoms with Gasteiger partial charge in [-0.15, -0.1) is 0 Å². The summed E-state index contributed by atoms with van der Waals surface area (Å²) in [4.78, 5) is 15.1. The average molecular weight is 284 g/mol. The first kappa shape index (κ1) is 19.4. The van der Waals surface area contributed by atoms with Crippen molar-refractivity contribution in [1.82, 2.24) is 9.80 Å². The van der Waals surface area contributed by atoms with E-state index < -0.39 is 0 Å². The zero-order valence-electron chi connectivity index (χ0n) is 14.5. The van der Waals surface area contributed by atoms with Crippen molar-refractivity contribution in [2.24, 2.45) is 5.92 Å². The molecular formula is C17H36N2O. The summed E-state index contributed by atoms with van der Waals surface area (Å²) < 4.78 is 0. The molecule has 2 saturated heterocycles. The second-order valence-electron chi connectivity index (χ2n) is 5.72. The van der Waals surface area contributed by atoms with Crippen molar-refractivity contribution in [2.75, 3.05) is 33.2 Å². The number of likely N-dealkylation sites (tertiary alicyclic amines) is 2. The Morgan fingerprint density at radius 3 is 1.85 bits per heavy atom. The number of rotatable bonds is 1. The van der Waals surface area contributed by atoms with Crippen LogP contribution in [0.5, 0.6) is 0 Å². The Labute approximate surface area is 126 Å². The monoisotopic (exact) mass is 284 g/mol. The van der Waals surface area contributed by atoms with E-state index in [0.29, 0.717) is 0 Å². The topological polar surface area (TPSA) is 23.6 Å². The molecule has 0 N–H and O–H groups in total. The van der Waals surface area contributed by atoms with Gasteiger partial charge in [0.1, 0.15) is 0 Å². The quantitative estimate of drug-likeness (QED) is 0.731. The summed E-state index contributed by atoms with van der Waals surface area (Å²) in [6.07, 6.45) is 7.91. The van der Waals surface area contributed by atoms with Crippen LogP contribution in [0, 0.1) is 5.92 Å². The molecule has 0 aromatic rings. The van der Waals surface area contributed by atoms with Crippen LogP contribution in [0.2, 0.25) is 0 Å². The predicted octanol–water partition coefficient (Wildman–Crippen LogP) is 3.78. The molecule has 2 heterocycles. The standard InChI is InChI=1S/C8H17N.C7H13NO.C2H6/c1-3-8-4-6-9(2)7-5-8;1-7(9)8-5-3-2-4-6-8;1-2/h8H,3-7H2,1-2H3;2-6H2,1H3;1-2H3. The van der Waals surface area contributed by atoms with E-state index in [1.165, 1.54) is 51.6 Å². The summed E-state index contributed by atoms with van der Waals surface area (Å²) in [5.74, 6) is 1.26. The highest BCUT2D eigenvalue weighted by Crippen LogP contribution is 2.18. The SMILES string of the molecule is CC.CC(=O)N1CCCCC1.CCC1CCN(C)CC1. The van der Waals surface area contributed by atoms with E-state index in [0.717, 1.165) is 19.0 Å². The minimum atomic E-state index is 0.231. The van der Waals surface area contributed by atoms with Gasteiger partial charge in [-0.1, -0.05) is 27.2 Å². The maximum Gasteiger partial charge on any atom is 0.219 e. The summed E-state index contributed by atoms with van der Waals surface area (Å²) >= 11 is 0. The van der Waals surface area contributed by atoms with E-state index in [2.05, 4.69) is 18.9 Å². The van der Waals surface area contributed by atoms with Crippen LogP contribution in [0.15, 0.2) is 0 Å². The Morgan fingerprint density at radius 1 is 1.00 bits per heavy atom. The van der Waals surface area contributed by atoms with Gasteiger partial charge in [-0.2, -0.15) is 0 Å². The van der Waals surface area contributed by atoms with Crippen LogP contribution in [-0.2, 0) is 4.79 Å². The molecule has 0 aliphatic carbocycles. The highest BCUT2D eigenvalue weighted by atomic mass is 16.2. The molecule has 0 atom stereocenters. The van der Waals surface area contributed by atoms with Crippen LogP contribution in [0.25, 0.3) is 0 Å². The van der Waals surface area contributed by atoms with E-state index in [1.54, 1.807) is 6.92 Å². The third kappa shape index (κ3) is 8.57. The maximum atomic E-state index is 10.7. The molecule has 3 heteroatoms. The van der Waals surface area contributed by atoms with Crippen molar-refractivity contribution >= 4 is 5.91 Å². The van der Waals surface area contributed by atoms with Crippen molar-refractivity contribution in [3.8, 4) is 0 Å². The smallest absolute Gasteiger partial charge is 0.219 e. The molecule has 0 spiro atoms. The highest BCUT2D eigenvalue weighted by Gasteiger charge is 2.13. The largest absolute Gasteiger partial charge is 0.343 e. The number of hydrogen-bond acceptors (Lipinski definition) is 2. The number of carbonyl (C=O) groups excluding carboxylic acids is 1. The van der Waals surface area contributed by atoms with Crippen molar-refractivity contribution in [3.05, 3.63) is 0 Å². The van der Waals surface area contributed by atoms with Crippen LogP contribution in [0.1, 0.15) is 66.2 Å². The molecule has 2 aliphatic heterocycles. The summed E-state index contributed by atoms with van der Waals surface area (Å²) in [5.41, 5.74) is 0. The molecule has 2 aliphatic rings. The molecule has 0 unspecified atom stereocenters. The number of nitrogens with zero attached hydrogens (tertiary/aromatic N) is 2. The maximum absolute atomic E-state index is 10.7. The van der Waals surface area contributed by atoms with Gasteiger partial charge in [0.15, 0.2) is 0 Å². The Balaban J connectivity index is 0.000000321. The van der Waals surface area contributed by atoms with E-state index in [4.69, 9.17) is 0 Å². The van der Waals surface area contributed by atoms with Gasteiger partial charge in [-0.05, 0) is 58.2 Å². The van der Waals surface area contributed by atoms with Gasteiger partial charge < -0.3 is 9.80 Å². The first-order chi connectivity index (χ1) is 9.63. The van der Waals surface area contributed by atoms with Crippen LogP contribution in [0.3, 0.4) is 0 Å². The molecule has 120 valence electrons. The second kappa shape index (κ2) is 12.2. The third-order valence-electron chi connectivity index (χ3n) is 4.22. The number of piperidine rings is 2. The van der Waals surface area contributed by atoms with Gasteiger partial charge in [-0.3, -0.25) is 4.79 Å². The average Bonchev–Trinajstić information content (AvgIpc) is 2.51. The highest BCUT2D eigenvalue weighted by molar-refractivity contribution is 5.73. The predicted molar refractivity (Wildman–Crippen MR) is 88.0 cm³/mol. The van der Waals surface area contributed by atoms with Gasteiger partial charge in [0.2, 0.25) is 5.91 Å². The Morgan fingerprint density at radius 2 is 1.50 bits per heavy atom. The number of amides is 1. The molecule has 3 nitrogen and oxygen atoms in total. The summed E-state index contributed by atoms with van der Waals surface area (Å²) in [7, 11) is 2.21. The van der Waals surface area contributed by atoms with Crippen molar-refractivity contribution in [2.45, 2.75) is 66.2 Å². The lowest BCUT2D eigenvalue weighted by Crippen LogP contribution is -2.33. The lowest BCUT2D eigenvalue weighted by Gasteiger charge is -2.27. The van der Waals surface area contributed by atoms with Crippen molar-refractivity contribution in [3.63, 3.8) is 0 Å². The Bertz CT molecular complexity index is 229. The summed E-state index contributed by atoms with van der Waals surface area (Å²) in [5, 5.41) is 0. The number of hydrogen-bond donors (Lipinski definition) is 0. The fourth-order valence-electron chi connectivity index (χ4n) is 2.68. The third-order valence-corrected chi connectivity index (χ3v) is 4.22.